The van der Waals surface area contributed by atoms with E-state index in [2.05, 4.69) is 39.4 Å². The van der Waals surface area contributed by atoms with Gasteiger partial charge in [0.15, 0.2) is 15.8 Å². The van der Waals surface area contributed by atoms with Crippen molar-refractivity contribution in [2.45, 2.75) is 38.1 Å². The molecular weight excluding hydrogens is 513 g/mol. The van der Waals surface area contributed by atoms with E-state index in [0.29, 0.717) is 11.4 Å². The molecule has 1 aromatic rings. The topological polar surface area (TPSA) is 77.0 Å². The Morgan fingerprint density at radius 2 is 1.83 bits per heavy atom. The van der Waals surface area contributed by atoms with Gasteiger partial charge < -0.3 is 20.4 Å². The number of benzene rings is 1. The number of rotatable bonds is 9. The van der Waals surface area contributed by atoms with Crippen LogP contribution in [0.3, 0.4) is 0 Å². The molecule has 2 rings (SSSR count). The van der Waals surface area contributed by atoms with Crippen LogP contribution in [0.15, 0.2) is 28.1 Å². The summed E-state index contributed by atoms with van der Waals surface area (Å²) in [4.78, 5) is 9.95. The number of likely N-dealkylation sites (N-methyl/N-ethyl adjacent to an activating group) is 1. The van der Waals surface area contributed by atoms with Crippen molar-refractivity contribution in [1.82, 2.24) is 20.4 Å². The van der Waals surface area contributed by atoms with Crippen molar-refractivity contribution in [1.29, 1.82) is 0 Å². The van der Waals surface area contributed by atoms with E-state index >= 15 is 0 Å². The Morgan fingerprint density at radius 3 is 2.43 bits per heavy atom. The van der Waals surface area contributed by atoms with Gasteiger partial charge >= 0.3 is 0 Å². The maximum Gasteiger partial charge on any atom is 0.191 e. The van der Waals surface area contributed by atoms with Gasteiger partial charge in [-0.15, -0.1) is 24.0 Å². The lowest BCUT2D eigenvalue weighted by Crippen LogP contribution is -2.44. The highest BCUT2D eigenvalue weighted by atomic mass is 127. The van der Waals surface area contributed by atoms with E-state index < -0.39 is 9.84 Å². The maximum atomic E-state index is 11.8. The summed E-state index contributed by atoms with van der Waals surface area (Å²) >= 11 is 0. The molecule has 0 radical (unpaired) electrons. The number of aliphatic imine (C=N–C) groups is 1. The highest BCUT2D eigenvalue weighted by Crippen LogP contribution is 2.17. The first-order chi connectivity index (χ1) is 13.8. The molecule has 0 spiro atoms. The molecule has 1 heterocycles. The van der Waals surface area contributed by atoms with Crippen molar-refractivity contribution >= 4 is 39.8 Å². The van der Waals surface area contributed by atoms with E-state index in [1.165, 1.54) is 38.9 Å². The molecule has 1 fully saturated rings. The average Bonchev–Trinajstić information content (AvgIpc) is 2.66. The molecule has 9 heteroatoms. The Hall–Kier alpha value is -0.910. The predicted molar refractivity (Wildman–Crippen MR) is 136 cm³/mol. The van der Waals surface area contributed by atoms with E-state index in [0.717, 1.165) is 43.1 Å². The molecule has 0 saturated carbocycles. The summed E-state index contributed by atoms with van der Waals surface area (Å²) in [5.41, 5.74) is 1.77. The van der Waals surface area contributed by atoms with Crippen LogP contribution in [0.5, 0.6) is 0 Å². The molecule has 1 aromatic carbocycles. The van der Waals surface area contributed by atoms with Gasteiger partial charge in [-0.05, 0) is 57.5 Å². The van der Waals surface area contributed by atoms with Gasteiger partial charge in [-0.2, -0.15) is 0 Å². The number of nitrogens with zero attached hydrogens (tertiary/aromatic N) is 3. The lowest BCUT2D eigenvalue weighted by Gasteiger charge is -2.32. The van der Waals surface area contributed by atoms with E-state index in [9.17, 15) is 8.42 Å². The Balaban J connectivity index is 0.00000450. The Kier molecular flexibility index (Phi) is 12.2. The van der Waals surface area contributed by atoms with Gasteiger partial charge in [0.2, 0.25) is 0 Å². The van der Waals surface area contributed by atoms with E-state index in [-0.39, 0.29) is 24.0 Å². The normalized spacial score (nSPS) is 16.2. The Morgan fingerprint density at radius 1 is 1.13 bits per heavy atom. The number of nitrogens with one attached hydrogen (secondary N) is 2. The van der Waals surface area contributed by atoms with E-state index in [1.54, 1.807) is 6.07 Å². The lowest BCUT2D eigenvalue weighted by molar-refractivity contribution is 0.152. The molecular formula is C21H38IN5O2S. The zero-order chi connectivity index (χ0) is 21.3. The third-order valence-electron chi connectivity index (χ3n) is 5.19. The molecule has 2 N–H and O–H groups in total. The van der Waals surface area contributed by atoms with E-state index in [4.69, 9.17) is 0 Å². The minimum absolute atomic E-state index is 0. The van der Waals surface area contributed by atoms with Gasteiger partial charge in [-0.3, -0.25) is 0 Å². The molecule has 172 valence electrons. The number of piperazine rings is 1. The van der Waals surface area contributed by atoms with Crippen molar-refractivity contribution in [3.8, 4) is 0 Å². The molecule has 1 aliphatic heterocycles. The van der Waals surface area contributed by atoms with Crippen LogP contribution in [0.2, 0.25) is 0 Å². The number of unbranched alkanes of at least 4 members (excludes halogenated alkanes) is 1. The molecule has 7 nitrogen and oxygen atoms in total. The van der Waals surface area contributed by atoms with Crippen LogP contribution >= 0.6 is 24.0 Å². The van der Waals surface area contributed by atoms with Gasteiger partial charge in [0, 0.05) is 45.5 Å². The Labute approximate surface area is 199 Å². The lowest BCUT2D eigenvalue weighted by atomic mass is 10.1. The smallest absolute Gasteiger partial charge is 0.191 e. The number of sulfone groups is 1. The van der Waals surface area contributed by atoms with Crippen LogP contribution < -0.4 is 10.6 Å². The average molecular weight is 552 g/mol. The molecule has 0 aromatic heterocycles. The second-order valence-electron chi connectivity index (χ2n) is 7.85. The summed E-state index contributed by atoms with van der Waals surface area (Å²) in [6, 6.07) is 5.42. The number of hydrogen-bond donors (Lipinski definition) is 2. The third kappa shape index (κ3) is 9.49. The van der Waals surface area contributed by atoms with Gasteiger partial charge in [-0.25, -0.2) is 13.4 Å². The fourth-order valence-electron chi connectivity index (χ4n) is 3.48. The van der Waals surface area contributed by atoms with Crippen molar-refractivity contribution < 1.29 is 8.42 Å². The first-order valence-corrected chi connectivity index (χ1v) is 12.4. The molecule has 1 aliphatic rings. The van der Waals surface area contributed by atoms with Gasteiger partial charge in [0.05, 0.1) is 11.4 Å². The minimum atomic E-state index is -3.19. The van der Waals surface area contributed by atoms with Gasteiger partial charge in [0.25, 0.3) is 0 Å². The standard InChI is InChI=1S/C21H37N5O2S.HI/c1-5-22-21(23-10-6-7-11-26-14-12-25(3)13-15-26)24-17-19-8-9-20(18(2)16-19)29(4,27)28;/h8-9,16H,5-7,10-15,17H2,1-4H3,(H2,22,23,24);1H. The van der Waals surface area contributed by atoms with Crippen molar-refractivity contribution in [2.24, 2.45) is 4.99 Å². The number of halogens is 1. The number of hydrogen-bond acceptors (Lipinski definition) is 5. The summed E-state index contributed by atoms with van der Waals surface area (Å²) < 4.78 is 23.5. The van der Waals surface area contributed by atoms with Crippen molar-refractivity contribution in [2.75, 3.05) is 59.1 Å². The van der Waals surface area contributed by atoms with Crippen LogP contribution in [0.4, 0.5) is 0 Å². The molecule has 0 unspecified atom stereocenters. The second-order valence-corrected chi connectivity index (χ2v) is 9.83. The molecule has 0 atom stereocenters. The van der Waals surface area contributed by atoms with Crippen LogP contribution in [-0.2, 0) is 16.4 Å². The fourth-order valence-corrected chi connectivity index (χ4v) is 4.44. The first-order valence-electron chi connectivity index (χ1n) is 10.5. The largest absolute Gasteiger partial charge is 0.357 e. The third-order valence-corrected chi connectivity index (χ3v) is 6.45. The zero-order valence-corrected chi connectivity index (χ0v) is 21.9. The van der Waals surface area contributed by atoms with E-state index in [1.807, 2.05) is 19.1 Å². The first kappa shape index (κ1) is 27.1. The van der Waals surface area contributed by atoms with Crippen LogP contribution in [0.25, 0.3) is 0 Å². The molecule has 0 bridgehead atoms. The quantitative estimate of drug-likeness (QED) is 0.212. The fraction of sp³-hybridized carbons (Fsp3) is 0.667. The van der Waals surface area contributed by atoms with Crippen LogP contribution in [0, 0.1) is 6.92 Å². The van der Waals surface area contributed by atoms with Crippen LogP contribution in [0.1, 0.15) is 30.9 Å². The zero-order valence-electron chi connectivity index (χ0n) is 18.8. The SMILES string of the molecule is CCNC(=NCc1ccc(S(C)(=O)=O)c(C)c1)NCCCCN1CCN(C)CC1.I. The summed E-state index contributed by atoms with van der Waals surface area (Å²) in [5, 5.41) is 6.68. The maximum absolute atomic E-state index is 11.8. The molecule has 1 saturated heterocycles. The number of aryl methyl sites for hydroxylation is 1. The molecule has 30 heavy (non-hydrogen) atoms. The summed E-state index contributed by atoms with van der Waals surface area (Å²) in [5.74, 6) is 0.803. The second kappa shape index (κ2) is 13.5. The van der Waals surface area contributed by atoms with Crippen molar-refractivity contribution in [3.05, 3.63) is 29.3 Å². The molecule has 0 amide bonds. The highest BCUT2D eigenvalue weighted by molar-refractivity contribution is 14.0. The number of guanidine groups is 1. The summed E-state index contributed by atoms with van der Waals surface area (Å²) in [7, 11) is -1.00. The minimum Gasteiger partial charge on any atom is -0.357 e. The Bertz CT molecular complexity index is 778. The van der Waals surface area contributed by atoms with Gasteiger partial charge in [-0.1, -0.05) is 12.1 Å². The van der Waals surface area contributed by atoms with Crippen LogP contribution in [-0.4, -0.2) is 83.3 Å². The highest BCUT2D eigenvalue weighted by Gasteiger charge is 2.13. The monoisotopic (exact) mass is 551 g/mol. The summed E-state index contributed by atoms with van der Waals surface area (Å²) in [6.45, 7) is 11.9. The van der Waals surface area contributed by atoms with Crippen molar-refractivity contribution in [3.63, 3.8) is 0 Å². The predicted octanol–water partition coefficient (Wildman–Crippen LogP) is 2.10. The summed E-state index contributed by atoms with van der Waals surface area (Å²) in [6.07, 6.45) is 3.53. The molecule has 0 aliphatic carbocycles. The van der Waals surface area contributed by atoms with Gasteiger partial charge in [0.1, 0.15) is 0 Å².